The van der Waals surface area contributed by atoms with Gasteiger partial charge in [0, 0.05) is 31.4 Å². The van der Waals surface area contributed by atoms with Crippen LogP contribution in [0.25, 0.3) is 0 Å². The number of nitrogens with one attached hydrogen (secondary N) is 1. The summed E-state index contributed by atoms with van der Waals surface area (Å²) in [5.41, 5.74) is 2.88. The van der Waals surface area contributed by atoms with Crippen LogP contribution in [0.3, 0.4) is 0 Å². The van der Waals surface area contributed by atoms with Crippen molar-refractivity contribution in [3.8, 4) is 0 Å². The fourth-order valence-electron chi connectivity index (χ4n) is 3.51. The third-order valence-corrected chi connectivity index (χ3v) is 5.19. The monoisotopic (exact) mass is 270 g/mol. The predicted octanol–water partition coefficient (Wildman–Crippen LogP) is 3.54. The van der Waals surface area contributed by atoms with Gasteiger partial charge in [-0.25, -0.2) is 0 Å². The third-order valence-electron chi connectivity index (χ3n) is 5.19. The highest BCUT2D eigenvalue weighted by Crippen LogP contribution is 2.35. The molecule has 20 heavy (non-hydrogen) atoms. The van der Waals surface area contributed by atoms with Gasteiger partial charge in [0.2, 0.25) is 0 Å². The van der Waals surface area contributed by atoms with Crippen molar-refractivity contribution in [2.75, 3.05) is 25.0 Å². The third kappa shape index (κ3) is 3.01. The maximum Gasteiger partial charge on any atom is 0.0373 e. The molecule has 0 saturated heterocycles. The molecule has 1 N–H and O–H groups in total. The van der Waals surface area contributed by atoms with Crippen molar-refractivity contribution in [1.82, 2.24) is 4.90 Å². The van der Waals surface area contributed by atoms with Crippen LogP contribution in [0.5, 0.6) is 0 Å². The maximum absolute atomic E-state index is 3.70. The van der Waals surface area contributed by atoms with Crippen LogP contribution < -0.4 is 5.32 Å². The summed E-state index contributed by atoms with van der Waals surface area (Å²) >= 11 is 0. The van der Waals surface area contributed by atoms with Crippen LogP contribution in [0.15, 0.2) is 24.3 Å². The van der Waals surface area contributed by atoms with Crippen LogP contribution in [0, 0.1) is 11.8 Å². The number of rotatable bonds is 5. The van der Waals surface area contributed by atoms with Crippen molar-refractivity contribution >= 4 is 5.69 Å². The summed E-state index contributed by atoms with van der Waals surface area (Å²) in [4.78, 5) is 2.83. The summed E-state index contributed by atoms with van der Waals surface area (Å²) in [7, 11) is 0. The minimum absolute atomic E-state index is 0.739. The van der Waals surface area contributed by atoms with Crippen LogP contribution in [0.4, 0.5) is 5.69 Å². The largest absolute Gasteiger partial charge is 0.383 e. The summed E-state index contributed by atoms with van der Waals surface area (Å²) in [6, 6.07) is 9.59. The molecular weight excluding hydrogens is 244 g/mol. The molecule has 1 aromatic carbocycles. The van der Waals surface area contributed by atoms with Gasteiger partial charge in [-0.15, -0.1) is 0 Å². The van der Waals surface area contributed by atoms with Gasteiger partial charge >= 0.3 is 0 Å². The quantitative estimate of drug-likeness (QED) is 0.880. The van der Waals surface area contributed by atoms with Crippen LogP contribution in [0.2, 0.25) is 0 Å². The molecule has 1 unspecified atom stereocenters. The van der Waals surface area contributed by atoms with Crippen LogP contribution in [0.1, 0.15) is 37.7 Å². The number of hydrogen-bond donors (Lipinski definition) is 1. The number of anilines is 1. The van der Waals surface area contributed by atoms with Gasteiger partial charge < -0.3 is 5.32 Å². The second kappa shape index (κ2) is 5.40. The Morgan fingerprint density at radius 1 is 0.950 bits per heavy atom. The molecule has 2 nitrogen and oxygen atoms in total. The number of fused-ring (bicyclic) bond motifs is 1. The molecule has 0 aromatic heterocycles. The molecule has 0 spiro atoms. The average Bonchev–Trinajstić information content (AvgIpc) is 3.34. The second-order valence-electron chi connectivity index (χ2n) is 7.07. The summed E-state index contributed by atoms with van der Waals surface area (Å²) in [6.45, 7) is 3.86. The van der Waals surface area contributed by atoms with Crippen molar-refractivity contribution in [2.45, 2.75) is 44.6 Å². The van der Waals surface area contributed by atoms with E-state index in [0.29, 0.717) is 0 Å². The van der Waals surface area contributed by atoms with Crippen molar-refractivity contribution < 1.29 is 0 Å². The first-order valence-electron chi connectivity index (χ1n) is 8.44. The van der Waals surface area contributed by atoms with Crippen molar-refractivity contribution in [2.24, 2.45) is 11.8 Å². The zero-order chi connectivity index (χ0) is 13.4. The van der Waals surface area contributed by atoms with E-state index < -0.39 is 0 Å². The van der Waals surface area contributed by atoms with E-state index in [1.807, 2.05) is 0 Å². The van der Waals surface area contributed by atoms with Gasteiger partial charge in [-0.05, 0) is 62.0 Å². The Balaban J connectivity index is 1.43. The van der Waals surface area contributed by atoms with E-state index in [2.05, 4.69) is 34.5 Å². The summed E-state index contributed by atoms with van der Waals surface area (Å²) in [5, 5.41) is 3.70. The highest BCUT2D eigenvalue weighted by molar-refractivity contribution is 5.52. The lowest BCUT2D eigenvalue weighted by Gasteiger charge is -2.31. The smallest absolute Gasteiger partial charge is 0.0373 e. The fraction of sp³-hybridized carbons (Fsp3) is 0.667. The molecule has 1 aromatic rings. The van der Waals surface area contributed by atoms with Gasteiger partial charge in [0.25, 0.3) is 0 Å². The Bertz CT molecular complexity index is 421. The average molecular weight is 270 g/mol. The number of nitrogens with zero attached hydrogens (tertiary/aromatic N) is 1. The summed E-state index contributed by atoms with van der Waals surface area (Å²) in [5.74, 6) is 2.03. The lowest BCUT2D eigenvalue weighted by atomic mass is 10.0. The van der Waals surface area contributed by atoms with E-state index >= 15 is 0 Å². The number of hydrogen-bond acceptors (Lipinski definition) is 2. The van der Waals surface area contributed by atoms with Crippen molar-refractivity contribution in [3.05, 3.63) is 29.8 Å². The molecule has 2 aliphatic carbocycles. The summed E-state index contributed by atoms with van der Waals surface area (Å²) < 4.78 is 0. The first-order chi connectivity index (χ1) is 9.88. The lowest BCUT2D eigenvalue weighted by molar-refractivity contribution is 0.180. The Labute approximate surface area is 122 Å². The minimum Gasteiger partial charge on any atom is -0.383 e. The molecule has 1 aliphatic heterocycles. The molecule has 4 rings (SSSR count). The van der Waals surface area contributed by atoms with Gasteiger partial charge in [0.05, 0.1) is 0 Å². The van der Waals surface area contributed by atoms with Crippen LogP contribution in [-0.2, 0) is 6.42 Å². The van der Waals surface area contributed by atoms with Crippen molar-refractivity contribution in [1.29, 1.82) is 0 Å². The molecule has 1 heterocycles. The molecule has 0 radical (unpaired) electrons. The highest BCUT2D eigenvalue weighted by atomic mass is 15.2. The molecule has 2 heteroatoms. The molecule has 1 atom stereocenters. The van der Waals surface area contributed by atoms with Gasteiger partial charge in [-0.3, -0.25) is 4.90 Å². The lowest BCUT2D eigenvalue weighted by Crippen LogP contribution is -2.42. The number of para-hydroxylation sites is 1. The van der Waals surface area contributed by atoms with E-state index in [1.165, 1.54) is 62.9 Å². The second-order valence-corrected chi connectivity index (χ2v) is 7.07. The zero-order valence-corrected chi connectivity index (χ0v) is 12.4. The highest BCUT2D eigenvalue weighted by Gasteiger charge is 2.33. The van der Waals surface area contributed by atoms with Crippen molar-refractivity contribution in [3.63, 3.8) is 0 Å². The first kappa shape index (κ1) is 12.7. The molecular formula is C18H26N2. The van der Waals surface area contributed by atoms with Crippen LogP contribution >= 0.6 is 0 Å². The van der Waals surface area contributed by atoms with E-state index in [4.69, 9.17) is 0 Å². The van der Waals surface area contributed by atoms with E-state index in [9.17, 15) is 0 Å². The van der Waals surface area contributed by atoms with Gasteiger partial charge in [-0.2, -0.15) is 0 Å². The Kier molecular flexibility index (Phi) is 3.43. The van der Waals surface area contributed by atoms with Gasteiger partial charge in [0.15, 0.2) is 0 Å². The molecule has 2 fully saturated rings. The van der Waals surface area contributed by atoms with Gasteiger partial charge in [0.1, 0.15) is 0 Å². The summed E-state index contributed by atoms with van der Waals surface area (Å²) in [6.07, 6.45) is 8.45. The Hall–Kier alpha value is -1.02. The standard InChI is InChI=1S/C18H26N2/c1-2-4-18-16(3-1)9-10-17(11-19-18)20(12-14-5-6-14)13-15-7-8-15/h1-4,14-15,17,19H,5-13H2. The van der Waals surface area contributed by atoms with E-state index in [1.54, 1.807) is 0 Å². The van der Waals surface area contributed by atoms with E-state index in [-0.39, 0.29) is 0 Å². The molecule has 3 aliphatic rings. The maximum atomic E-state index is 3.70. The fourth-order valence-corrected chi connectivity index (χ4v) is 3.51. The molecule has 0 bridgehead atoms. The normalized spacial score (nSPS) is 25.9. The topological polar surface area (TPSA) is 15.3 Å². The predicted molar refractivity (Wildman–Crippen MR) is 84.1 cm³/mol. The Morgan fingerprint density at radius 2 is 1.65 bits per heavy atom. The Morgan fingerprint density at radius 3 is 2.35 bits per heavy atom. The number of aryl methyl sites for hydroxylation is 1. The zero-order valence-electron chi connectivity index (χ0n) is 12.4. The molecule has 2 saturated carbocycles. The number of benzene rings is 1. The van der Waals surface area contributed by atoms with E-state index in [0.717, 1.165) is 24.4 Å². The van der Waals surface area contributed by atoms with Crippen LogP contribution in [-0.4, -0.2) is 30.6 Å². The molecule has 108 valence electrons. The van der Waals surface area contributed by atoms with Gasteiger partial charge in [-0.1, -0.05) is 18.2 Å². The first-order valence-corrected chi connectivity index (χ1v) is 8.44. The minimum atomic E-state index is 0.739. The SMILES string of the molecule is c1ccc2c(c1)CCC(N(CC1CC1)CC1CC1)CN2. The molecule has 0 amide bonds.